The van der Waals surface area contributed by atoms with Crippen LogP contribution in [0.3, 0.4) is 0 Å². The number of para-hydroxylation sites is 1. The summed E-state index contributed by atoms with van der Waals surface area (Å²) in [5.41, 5.74) is 1.98. The van der Waals surface area contributed by atoms with Crippen LogP contribution in [0.25, 0.3) is 11.4 Å². The highest BCUT2D eigenvalue weighted by Gasteiger charge is 2.31. The van der Waals surface area contributed by atoms with Gasteiger partial charge in [-0.25, -0.2) is 0 Å². The van der Waals surface area contributed by atoms with E-state index in [2.05, 4.69) is 25.1 Å². The van der Waals surface area contributed by atoms with E-state index in [0.717, 1.165) is 29.4 Å². The van der Waals surface area contributed by atoms with Crippen LogP contribution in [-0.4, -0.2) is 36.7 Å². The third-order valence-corrected chi connectivity index (χ3v) is 5.79. The summed E-state index contributed by atoms with van der Waals surface area (Å²) in [6.45, 7) is 3.32. The maximum atomic E-state index is 12.8. The monoisotopic (exact) mass is 407 g/mol. The van der Waals surface area contributed by atoms with Crippen LogP contribution in [-0.2, 0) is 4.79 Å². The van der Waals surface area contributed by atoms with Crippen molar-refractivity contribution in [2.45, 2.75) is 43.1 Å². The molecule has 7 nitrogen and oxygen atoms in total. The van der Waals surface area contributed by atoms with Gasteiger partial charge >= 0.3 is 0 Å². The highest BCUT2D eigenvalue weighted by Crippen LogP contribution is 2.41. The van der Waals surface area contributed by atoms with Gasteiger partial charge in [0.1, 0.15) is 0 Å². The normalized spacial score (nSPS) is 14.4. The number of Topliss-reactive ketones (excluding diaryl/α,β-unsaturated/α-hetero) is 1. The summed E-state index contributed by atoms with van der Waals surface area (Å²) in [5.74, 6) is 0.531. The zero-order chi connectivity index (χ0) is 20.4. The minimum Gasteiger partial charge on any atom is -0.324 e. The third-order valence-electron chi connectivity index (χ3n) is 4.73. The summed E-state index contributed by atoms with van der Waals surface area (Å²) in [5, 5.41) is 11.9. The number of benzene rings is 1. The maximum absolute atomic E-state index is 12.8. The number of nitrogens with one attached hydrogen (secondary N) is 1. The summed E-state index contributed by atoms with van der Waals surface area (Å²) < 4.78 is 2.12. The lowest BCUT2D eigenvalue weighted by Crippen LogP contribution is -2.24. The fourth-order valence-electron chi connectivity index (χ4n) is 3.06. The van der Waals surface area contributed by atoms with Gasteiger partial charge in [0.05, 0.1) is 10.9 Å². The molecule has 1 aliphatic carbocycles. The second-order valence-electron chi connectivity index (χ2n) is 6.99. The van der Waals surface area contributed by atoms with Crippen molar-refractivity contribution in [3.8, 4) is 11.4 Å². The number of rotatable bonds is 7. The van der Waals surface area contributed by atoms with Crippen LogP contribution in [0.4, 0.5) is 5.69 Å². The van der Waals surface area contributed by atoms with Crippen molar-refractivity contribution >= 4 is 29.1 Å². The lowest BCUT2D eigenvalue weighted by atomic mass is 10.1. The Morgan fingerprint density at radius 2 is 1.86 bits per heavy atom. The highest BCUT2D eigenvalue weighted by atomic mass is 32.2. The van der Waals surface area contributed by atoms with Gasteiger partial charge in [0.2, 0.25) is 5.91 Å². The molecule has 8 heteroatoms. The van der Waals surface area contributed by atoms with Gasteiger partial charge in [-0.2, -0.15) is 0 Å². The number of amides is 1. The van der Waals surface area contributed by atoms with Gasteiger partial charge in [-0.05, 0) is 51.0 Å². The highest BCUT2D eigenvalue weighted by molar-refractivity contribution is 8.00. The van der Waals surface area contributed by atoms with Crippen molar-refractivity contribution in [3.63, 3.8) is 0 Å². The SMILES string of the molecule is CC(=O)c1ccccc1NC(=O)C(C)Sc1nnc(-c2ccncc2)n1C1CC1. The number of hydrogen-bond acceptors (Lipinski definition) is 6. The molecule has 0 saturated heterocycles. The minimum atomic E-state index is -0.401. The van der Waals surface area contributed by atoms with E-state index in [-0.39, 0.29) is 11.7 Å². The second kappa shape index (κ2) is 8.16. The second-order valence-corrected chi connectivity index (χ2v) is 8.30. The molecule has 0 aliphatic heterocycles. The van der Waals surface area contributed by atoms with Gasteiger partial charge in [-0.1, -0.05) is 23.9 Å². The molecule has 1 saturated carbocycles. The lowest BCUT2D eigenvalue weighted by molar-refractivity contribution is -0.115. The molecule has 1 aliphatic rings. The first kappa shape index (κ1) is 19.3. The zero-order valence-electron chi connectivity index (χ0n) is 16.2. The van der Waals surface area contributed by atoms with Crippen LogP contribution in [0.2, 0.25) is 0 Å². The number of nitrogens with zero attached hydrogens (tertiary/aromatic N) is 4. The summed E-state index contributed by atoms with van der Waals surface area (Å²) in [6, 6.07) is 11.2. The first-order valence-corrected chi connectivity index (χ1v) is 10.4. The smallest absolute Gasteiger partial charge is 0.237 e. The van der Waals surface area contributed by atoms with E-state index in [1.807, 2.05) is 19.1 Å². The first-order valence-electron chi connectivity index (χ1n) is 9.47. The first-order chi connectivity index (χ1) is 14.0. The van der Waals surface area contributed by atoms with E-state index < -0.39 is 5.25 Å². The Balaban J connectivity index is 1.53. The Labute approximate surface area is 173 Å². The number of carbonyl (C=O) groups excluding carboxylic acids is 2. The van der Waals surface area contributed by atoms with Gasteiger partial charge in [-0.3, -0.25) is 19.1 Å². The average Bonchev–Trinajstić information content (AvgIpc) is 3.48. The Hall–Kier alpha value is -3.00. The molecule has 0 radical (unpaired) electrons. The standard InChI is InChI=1S/C21H21N5O2S/c1-13(27)17-5-3-4-6-18(17)23-20(28)14(2)29-21-25-24-19(26(21)16-7-8-16)15-9-11-22-12-10-15/h3-6,9-12,14,16H,7-8H2,1-2H3,(H,23,28). The molecule has 148 valence electrons. The Kier molecular flexibility index (Phi) is 5.44. The van der Waals surface area contributed by atoms with Crippen molar-refractivity contribution in [2.24, 2.45) is 0 Å². The largest absolute Gasteiger partial charge is 0.324 e. The number of carbonyl (C=O) groups is 2. The summed E-state index contributed by atoms with van der Waals surface area (Å²) in [4.78, 5) is 28.6. The van der Waals surface area contributed by atoms with Gasteiger partial charge in [0.15, 0.2) is 16.8 Å². The quantitative estimate of drug-likeness (QED) is 0.470. The summed E-state index contributed by atoms with van der Waals surface area (Å²) in [7, 11) is 0. The number of ketones is 1. The van der Waals surface area contributed by atoms with Crippen molar-refractivity contribution in [3.05, 3.63) is 54.4 Å². The van der Waals surface area contributed by atoms with Crippen LogP contribution < -0.4 is 5.32 Å². The molecule has 1 N–H and O–H groups in total. The molecule has 0 bridgehead atoms. The van der Waals surface area contributed by atoms with E-state index in [0.29, 0.717) is 17.3 Å². The lowest BCUT2D eigenvalue weighted by Gasteiger charge is -2.14. The predicted octanol–water partition coefficient (Wildman–Crippen LogP) is 4.00. The molecule has 2 aromatic heterocycles. The molecule has 3 aromatic rings. The van der Waals surface area contributed by atoms with Crippen molar-refractivity contribution in [1.29, 1.82) is 0 Å². The van der Waals surface area contributed by atoms with E-state index in [1.54, 1.807) is 36.7 Å². The molecular formula is C21H21N5O2S. The summed E-state index contributed by atoms with van der Waals surface area (Å²) >= 11 is 1.37. The summed E-state index contributed by atoms with van der Waals surface area (Å²) in [6.07, 6.45) is 5.62. The van der Waals surface area contributed by atoms with Crippen LogP contribution >= 0.6 is 11.8 Å². The molecule has 4 rings (SSSR count). The van der Waals surface area contributed by atoms with E-state index in [4.69, 9.17) is 0 Å². The Bertz CT molecular complexity index is 1050. The van der Waals surface area contributed by atoms with E-state index in [9.17, 15) is 9.59 Å². The molecular weight excluding hydrogens is 386 g/mol. The Morgan fingerprint density at radius 3 is 2.55 bits per heavy atom. The van der Waals surface area contributed by atoms with Crippen LogP contribution in [0.1, 0.15) is 43.1 Å². The van der Waals surface area contributed by atoms with Gasteiger partial charge in [0, 0.05) is 29.6 Å². The number of pyridine rings is 1. The van der Waals surface area contributed by atoms with Crippen molar-refractivity contribution < 1.29 is 9.59 Å². The topological polar surface area (TPSA) is 89.8 Å². The third kappa shape index (κ3) is 4.22. The van der Waals surface area contributed by atoms with Crippen molar-refractivity contribution in [1.82, 2.24) is 19.7 Å². The molecule has 1 fully saturated rings. The van der Waals surface area contributed by atoms with Crippen LogP contribution in [0.15, 0.2) is 53.9 Å². The molecule has 29 heavy (non-hydrogen) atoms. The molecule has 1 atom stereocenters. The average molecular weight is 407 g/mol. The number of hydrogen-bond donors (Lipinski definition) is 1. The maximum Gasteiger partial charge on any atom is 0.237 e. The molecule has 1 aromatic carbocycles. The number of thioether (sulfide) groups is 1. The molecule has 1 amide bonds. The zero-order valence-corrected chi connectivity index (χ0v) is 17.0. The number of aromatic nitrogens is 4. The Morgan fingerprint density at radius 1 is 1.14 bits per heavy atom. The molecule has 1 unspecified atom stereocenters. The fourth-order valence-corrected chi connectivity index (χ4v) is 3.98. The van der Waals surface area contributed by atoms with Crippen molar-refractivity contribution in [2.75, 3.05) is 5.32 Å². The van der Waals surface area contributed by atoms with E-state index >= 15 is 0 Å². The van der Waals surface area contributed by atoms with Gasteiger partial charge in [-0.15, -0.1) is 10.2 Å². The fraction of sp³-hybridized carbons (Fsp3) is 0.286. The predicted molar refractivity (Wildman–Crippen MR) is 112 cm³/mol. The molecule has 2 heterocycles. The van der Waals surface area contributed by atoms with Gasteiger partial charge < -0.3 is 5.32 Å². The van der Waals surface area contributed by atoms with E-state index in [1.165, 1.54) is 18.7 Å². The minimum absolute atomic E-state index is 0.0864. The number of anilines is 1. The molecule has 0 spiro atoms. The van der Waals surface area contributed by atoms with Crippen LogP contribution in [0, 0.1) is 0 Å². The van der Waals surface area contributed by atoms with Crippen LogP contribution in [0.5, 0.6) is 0 Å². The van der Waals surface area contributed by atoms with Gasteiger partial charge in [0.25, 0.3) is 0 Å².